The summed E-state index contributed by atoms with van der Waals surface area (Å²) >= 11 is 1.53. The minimum Gasteiger partial charge on any atom is -0.354 e. The van der Waals surface area contributed by atoms with E-state index in [0.717, 1.165) is 11.3 Å². The fourth-order valence-electron chi connectivity index (χ4n) is 1.98. The maximum atomic E-state index is 12.1. The van der Waals surface area contributed by atoms with Gasteiger partial charge in [0.15, 0.2) is 0 Å². The van der Waals surface area contributed by atoms with Crippen molar-refractivity contribution in [2.75, 3.05) is 12.8 Å². The second-order valence-corrected chi connectivity index (χ2v) is 5.01. The van der Waals surface area contributed by atoms with Crippen LogP contribution < -0.4 is 10.6 Å². The molecular weight excluding hydrogens is 248 g/mol. The molecule has 1 aliphatic rings. The van der Waals surface area contributed by atoms with Gasteiger partial charge in [-0.25, -0.2) is 0 Å². The first-order valence-electron chi connectivity index (χ1n) is 5.94. The molecule has 4 nitrogen and oxygen atoms in total. The molecule has 0 spiro atoms. The second-order valence-electron chi connectivity index (χ2n) is 4.16. The first-order valence-corrected chi connectivity index (χ1v) is 7.16. The van der Waals surface area contributed by atoms with E-state index in [1.807, 2.05) is 24.5 Å². The Bertz CT molecular complexity index is 462. The van der Waals surface area contributed by atoms with E-state index < -0.39 is 6.04 Å². The first kappa shape index (κ1) is 13.0. The smallest absolute Gasteiger partial charge is 0.253 e. The lowest BCUT2D eigenvalue weighted by atomic mass is 10.1. The van der Waals surface area contributed by atoms with E-state index in [1.165, 1.54) is 11.8 Å². The van der Waals surface area contributed by atoms with E-state index >= 15 is 0 Å². The lowest BCUT2D eigenvalue weighted by Gasteiger charge is -2.23. The van der Waals surface area contributed by atoms with Gasteiger partial charge in [-0.2, -0.15) is 0 Å². The lowest BCUT2D eigenvalue weighted by molar-refractivity contribution is -0.124. The van der Waals surface area contributed by atoms with Crippen molar-refractivity contribution >= 4 is 23.6 Å². The van der Waals surface area contributed by atoms with E-state index in [9.17, 15) is 9.59 Å². The number of rotatable bonds is 3. The van der Waals surface area contributed by atoms with Crippen molar-refractivity contribution in [2.45, 2.75) is 23.8 Å². The van der Waals surface area contributed by atoms with Gasteiger partial charge >= 0.3 is 0 Å². The third-order valence-electron chi connectivity index (χ3n) is 2.94. The summed E-state index contributed by atoms with van der Waals surface area (Å²) in [7, 11) is 0. The number of carbonyl (C=O) groups excluding carboxylic acids is 2. The van der Waals surface area contributed by atoms with Crippen molar-refractivity contribution in [3.05, 3.63) is 29.8 Å². The van der Waals surface area contributed by atoms with Crippen LogP contribution in [-0.2, 0) is 4.79 Å². The van der Waals surface area contributed by atoms with Crippen LogP contribution in [0.4, 0.5) is 0 Å². The van der Waals surface area contributed by atoms with Gasteiger partial charge in [0.25, 0.3) is 5.91 Å². The molecule has 5 heteroatoms. The minimum absolute atomic E-state index is 0.0868. The standard InChI is InChI=1S/C13H16N2O2S/c1-18-11-7-3-2-5-9(11)12(16)15-10-6-4-8-14-13(10)17/h2-3,5,7,10H,4,6,8H2,1H3,(H,14,17)(H,15,16). The zero-order valence-electron chi connectivity index (χ0n) is 10.2. The molecule has 1 aromatic carbocycles. The summed E-state index contributed by atoms with van der Waals surface area (Å²) in [5.41, 5.74) is 0.628. The van der Waals surface area contributed by atoms with Crippen molar-refractivity contribution in [1.82, 2.24) is 10.6 Å². The molecule has 18 heavy (non-hydrogen) atoms. The van der Waals surface area contributed by atoms with Crippen molar-refractivity contribution in [3.8, 4) is 0 Å². The molecule has 2 amide bonds. The molecule has 0 aliphatic carbocycles. The monoisotopic (exact) mass is 264 g/mol. The number of piperidine rings is 1. The minimum atomic E-state index is -0.402. The molecule has 96 valence electrons. The molecule has 1 atom stereocenters. The number of carbonyl (C=O) groups is 2. The number of thioether (sulfide) groups is 1. The summed E-state index contributed by atoms with van der Waals surface area (Å²) in [5, 5.41) is 5.55. The third-order valence-corrected chi connectivity index (χ3v) is 3.74. The molecule has 1 fully saturated rings. The van der Waals surface area contributed by atoms with Crippen LogP contribution in [0.1, 0.15) is 23.2 Å². The molecule has 0 saturated carbocycles. The Balaban J connectivity index is 2.09. The maximum Gasteiger partial charge on any atom is 0.253 e. The predicted octanol–water partition coefficient (Wildman–Crippen LogP) is 1.42. The van der Waals surface area contributed by atoms with Gasteiger partial charge in [-0.05, 0) is 31.2 Å². The van der Waals surface area contributed by atoms with Crippen LogP contribution in [0.25, 0.3) is 0 Å². The molecular formula is C13H16N2O2S. The Hall–Kier alpha value is -1.49. The Morgan fingerprint density at radius 2 is 2.22 bits per heavy atom. The van der Waals surface area contributed by atoms with Gasteiger partial charge in [-0.1, -0.05) is 12.1 Å². The Morgan fingerprint density at radius 3 is 2.94 bits per heavy atom. The van der Waals surface area contributed by atoms with Crippen LogP contribution in [0.5, 0.6) is 0 Å². The molecule has 0 radical (unpaired) electrons. The fourth-order valence-corrected chi connectivity index (χ4v) is 2.57. The van der Waals surface area contributed by atoms with Gasteiger partial charge in [0.1, 0.15) is 6.04 Å². The van der Waals surface area contributed by atoms with Gasteiger partial charge in [0.2, 0.25) is 5.91 Å². The van der Waals surface area contributed by atoms with Gasteiger partial charge in [-0.3, -0.25) is 9.59 Å². The Labute approximate surface area is 111 Å². The highest BCUT2D eigenvalue weighted by molar-refractivity contribution is 7.98. The van der Waals surface area contributed by atoms with Gasteiger partial charge in [0, 0.05) is 11.4 Å². The molecule has 0 bridgehead atoms. The normalized spacial score (nSPS) is 19.2. The van der Waals surface area contributed by atoms with Gasteiger partial charge in [0.05, 0.1) is 5.56 Å². The highest BCUT2D eigenvalue weighted by atomic mass is 32.2. The summed E-state index contributed by atoms with van der Waals surface area (Å²) < 4.78 is 0. The van der Waals surface area contributed by atoms with E-state index in [0.29, 0.717) is 18.5 Å². The van der Waals surface area contributed by atoms with E-state index in [-0.39, 0.29) is 11.8 Å². The average molecular weight is 264 g/mol. The summed E-state index contributed by atoms with van der Waals surface area (Å²) in [5.74, 6) is -0.266. The predicted molar refractivity (Wildman–Crippen MR) is 71.7 cm³/mol. The van der Waals surface area contributed by atoms with Crippen LogP contribution in [0, 0.1) is 0 Å². The molecule has 1 saturated heterocycles. The average Bonchev–Trinajstić information content (AvgIpc) is 2.41. The Kier molecular flexibility index (Phi) is 4.25. The molecule has 2 rings (SSSR count). The van der Waals surface area contributed by atoms with E-state index in [2.05, 4.69) is 10.6 Å². The fraction of sp³-hybridized carbons (Fsp3) is 0.385. The highest BCUT2D eigenvalue weighted by Gasteiger charge is 2.24. The number of hydrogen-bond acceptors (Lipinski definition) is 3. The largest absolute Gasteiger partial charge is 0.354 e. The highest BCUT2D eigenvalue weighted by Crippen LogP contribution is 2.20. The molecule has 0 aromatic heterocycles. The van der Waals surface area contributed by atoms with Crippen molar-refractivity contribution in [1.29, 1.82) is 0 Å². The van der Waals surface area contributed by atoms with Gasteiger partial charge < -0.3 is 10.6 Å². The van der Waals surface area contributed by atoms with E-state index in [1.54, 1.807) is 6.07 Å². The van der Waals surface area contributed by atoms with Crippen molar-refractivity contribution in [2.24, 2.45) is 0 Å². The zero-order chi connectivity index (χ0) is 13.0. The topological polar surface area (TPSA) is 58.2 Å². The summed E-state index contributed by atoms with van der Waals surface area (Å²) in [6.45, 7) is 0.701. The summed E-state index contributed by atoms with van der Waals surface area (Å²) in [6.07, 6.45) is 3.54. The summed E-state index contributed by atoms with van der Waals surface area (Å²) in [6, 6.07) is 7.01. The molecule has 1 aliphatic heterocycles. The van der Waals surface area contributed by atoms with Crippen LogP contribution in [0.3, 0.4) is 0 Å². The Morgan fingerprint density at radius 1 is 1.44 bits per heavy atom. The van der Waals surface area contributed by atoms with Crippen molar-refractivity contribution < 1.29 is 9.59 Å². The van der Waals surface area contributed by atoms with Crippen LogP contribution >= 0.6 is 11.8 Å². The zero-order valence-corrected chi connectivity index (χ0v) is 11.0. The summed E-state index contributed by atoms with van der Waals surface area (Å²) in [4.78, 5) is 24.6. The molecule has 1 unspecified atom stereocenters. The van der Waals surface area contributed by atoms with Crippen LogP contribution in [-0.4, -0.2) is 30.7 Å². The molecule has 1 aromatic rings. The number of hydrogen-bond donors (Lipinski definition) is 2. The second kappa shape index (κ2) is 5.91. The lowest BCUT2D eigenvalue weighted by Crippen LogP contribution is -2.50. The quantitative estimate of drug-likeness (QED) is 0.812. The molecule has 2 N–H and O–H groups in total. The van der Waals surface area contributed by atoms with E-state index in [4.69, 9.17) is 0 Å². The van der Waals surface area contributed by atoms with Gasteiger partial charge in [-0.15, -0.1) is 11.8 Å². The van der Waals surface area contributed by atoms with Crippen LogP contribution in [0.2, 0.25) is 0 Å². The SMILES string of the molecule is CSc1ccccc1C(=O)NC1CCCNC1=O. The molecule has 1 heterocycles. The first-order chi connectivity index (χ1) is 8.72. The number of nitrogens with one attached hydrogen (secondary N) is 2. The van der Waals surface area contributed by atoms with Crippen molar-refractivity contribution in [3.63, 3.8) is 0 Å². The van der Waals surface area contributed by atoms with Crippen LogP contribution in [0.15, 0.2) is 29.2 Å². The third kappa shape index (κ3) is 2.85. The maximum absolute atomic E-state index is 12.1. The number of amides is 2. The number of benzene rings is 1.